The summed E-state index contributed by atoms with van der Waals surface area (Å²) < 4.78 is 13.1. The van der Waals surface area contributed by atoms with Crippen molar-refractivity contribution < 1.29 is 24.2 Å². The predicted octanol–water partition coefficient (Wildman–Crippen LogP) is 6.43. The standard InChI is InChI=1S/C30H34Cl2O5S/c1-27(2)36-25-13-20-19-7-5-16-11-18(33)9-10-28(16,3)26(19)22(34)14-29(20,4)30(25,37-27)24(35)15-38-23-8-6-17(31)12-21(23)32/h6,8-12,19-20,22,25-26,34H,5,7,13-15H2,1-4H3/t19?,20?,22-,25+,26?,28?,29?,30+/m0/s1. The maximum absolute atomic E-state index is 14.3. The lowest BCUT2D eigenvalue weighted by Crippen LogP contribution is -2.63. The fraction of sp³-hybridized carbons (Fsp3) is 0.600. The predicted molar refractivity (Wildman–Crippen MR) is 148 cm³/mol. The molecule has 0 bridgehead atoms. The molecule has 204 valence electrons. The minimum Gasteiger partial charge on any atom is -0.393 e. The van der Waals surface area contributed by atoms with Crippen LogP contribution >= 0.6 is 35.0 Å². The third-order valence-corrected chi connectivity index (χ3v) is 11.9. The van der Waals surface area contributed by atoms with E-state index in [-0.39, 0.29) is 46.6 Å². The maximum Gasteiger partial charge on any atom is 0.178 e. The van der Waals surface area contributed by atoms with Crippen LogP contribution in [0.25, 0.3) is 0 Å². The van der Waals surface area contributed by atoms with Gasteiger partial charge in [-0.1, -0.05) is 48.7 Å². The number of ether oxygens (including phenoxy) is 2. The molecule has 38 heavy (non-hydrogen) atoms. The Morgan fingerprint density at radius 2 is 1.97 bits per heavy atom. The average Bonchev–Trinajstić information content (AvgIpc) is 3.24. The molecule has 3 saturated carbocycles. The molecule has 1 aromatic carbocycles. The second-order valence-corrected chi connectivity index (χ2v) is 14.4. The van der Waals surface area contributed by atoms with Gasteiger partial charge in [0.2, 0.25) is 0 Å². The molecule has 1 N–H and O–H groups in total. The van der Waals surface area contributed by atoms with Crippen molar-refractivity contribution in [2.75, 3.05) is 5.75 Å². The van der Waals surface area contributed by atoms with Crippen LogP contribution in [0, 0.1) is 28.6 Å². The van der Waals surface area contributed by atoms with E-state index in [0.29, 0.717) is 22.9 Å². The molecule has 8 atom stereocenters. The Morgan fingerprint density at radius 1 is 1.21 bits per heavy atom. The summed E-state index contributed by atoms with van der Waals surface area (Å²) >= 11 is 13.9. The fourth-order valence-electron chi connectivity index (χ4n) is 8.76. The van der Waals surface area contributed by atoms with E-state index >= 15 is 0 Å². The van der Waals surface area contributed by atoms with Crippen LogP contribution in [0.3, 0.4) is 0 Å². The van der Waals surface area contributed by atoms with Crippen LogP contribution < -0.4 is 0 Å². The smallest absolute Gasteiger partial charge is 0.178 e. The van der Waals surface area contributed by atoms with E-state index in [1.54, 1.807) is 24.3 Å². The van der Waals surface area contributed by atoms with Crippen molar-refractivity contribution in [3.8, 4) is 0 Å². The lowest BCUT2D eigenvalue weighted by molar-refractivity contribution is -0.223. The first-order chi connectivity index (χ1) is 17.8. The van der Waals surface area contributed by atoms with E-state index in [2.05, 4.69) is 13.8 Å². The first-order valence-corrected chi connectivity index (χ1v) is 15.2. The first-order valence-electron chi connectivity index (χ1n) is 13.4. The van der Waals surface area contributed by atoms with Crippen LogP contribution in [0.2, 0.25) is 10.0 Å². The summed E-state index contributed by atoms with van der Waals surface area (Å²) in [5.74, 6) is -0.411. The minimum atomic E-state index is -1.16. The van der Waals surface area contributed by atoms with E-state index in [1.807, 2.05) is 26.0 Å². The number of thioether (sulfide) groups is 1. The van der Waals surface area contributed by atoms with Crippen molar-refractivity contribution in [1.29, 1.82) is 0 Å². The lowest BCUT2D eigenvalue weighted by atomic mass is 9.46. The number of hydrogen-bond acceptors (Lipinski definition) is 6. The molecule has 4 aliphatic carbocycles. The number of hydrogen-bond donors (Lipinski definition) is 1. The van der Waals surface area contributed by atoms with E-state index in [1.165, 1.54) is 11.8 Å². The molecular weight excluding hydrogens is 543 g/mol. The molecule has 1 heterocycles. The Kier molecular flexibility index (Phi) is 6.35. The highest BCUT2D eigenvalue weighted by molar-refractivity contribution is 8.00. The highest BCUT2D eigenvalue weighted by atomic mass is 35.5. The van der Waals surface area contributed by atoms with Gasteiger partial charge in [-0.3, -0.25) is 9.59 Å². The van der Waals surface area contributed by atoms with Crippen molar-refractivity contribution in [3.05, 3.63) is 52.0 Å². The van der Waals surface area contributed by atoms with Gasteiger partial charge < -0.3 is 14.6 Å². The van der Waals surface area contributed by atoms with E-state index < -0.39 is 22.9 Å². The topological polar surface area (TPSA) is 72.8 Å². The normalized spacial score (nSPS) is 42.7. The molecule has 0 aromatic heterocycles. The first kappa shape index (κ1) is 27.0. The number of benzene rings is 1. The number of halogens is 2. The Labute approximate surface area is 238 Å². The number of aliphatic hydroxyl groups excluding tert-OH is 1. The summed E-state index contributed by atoms with van der Waals surface area (Å²) in [4.78, 5) is 27.2. The van der Waals surface area contributed by atoms with Gasteiger partial charge in [0.05, 0.1) is 23.0 Å². The molecular formula is C30H34Cl2O5S. The SMILES string of the molecule is CC1(C)O[C@@H]2CC3C4CCC5=CC(=O)C=CC5(C)C4[C@@H](O)CC3(C)[C@]2(C(=O)CSc2ccc(Cl)cc2Cl)O1. The van der Waals surface area contributed by atoms with Crippen LogP contribution in [0.4, 0.5) is 0 Å². The lowest BCUT2D eigenvalue weighted by Gasteiger charge is -2.60. The summed E-state index contributed by atoms with van der Waals surface area (Å²) in [5.41, 5.74) is -1.01. The zero-order valence-electron chi connectivity index (χ0n) is 22.1. The number of rotatable bonds is 4. The molecule has 0 spiro atoms. The molecule has 0 radical (unpaired) electrons. The number of aliphatic hydroxyl groups is 1. The number of carbonyl (C=O) groups is 2. The average molecular weight is 578 g/mol. The Bertz CT molecular complexity index is 1280. The monoisotopic (exact) mass is 576 g/mol. The van der Waals surface area contributed by atoms with E-state index in [9.17, 15) is 14.7 Å². The van der Waals surface area contributed by atoms with Crippen LogP contribution in [0.5, 0.6) is 0 Å². The van der Waals surface area contributed by atoms with Gasteiger partial charge in [0, 0.05) is 26.7 Å². The molecule has 5 aliphatic rings. The van der Waals surface area contributed by atoms with E-state index in [0.717, 1.165) is 23.3 Å². The van der Waals surface area contributed by atoms with Crippen molar-refractivity contribution in [2.24, 2.45) is 28.6 Å². The highest BCUT2D eigenvalue weighted by Crippen LogP contribution is 2.70. The van der Waals surface area contributed by atoms with Crippen LogP contribution in [-0.2, 0) is 19.1 Å². The third-order valence-electron chi connectivity index (χ3n) is 10.2. The van der Waals surface area contributed by atoms with Crippen molar-refractivity contribution in [3.63, 3.8) is 0 Å². The van der Waals surface area contributed by atoms with Gasteiger partial charge in [0.25, 0.3) is 0 Å². The van der Waals surface area contributed by atoms with Gasteiger partial charge in [-0.05, 0) is 81.7 Å². The second-order valence-electron chi connectivity index (χ2n) is 12.6. The number of fused-ring (bicyclic) bond motifs is 7. The summed E-state index contributed by atoms with van der Waals surface area (Å²) in [6.45, 7) is 8.02. The highest BCUT2D eigenvalue weighted by Gasteiger charge is 2.76. The van der Waals surface area contributed by atoms with Gasteiger partial charge in [0.15, 0.2) is 23.0 Å². The summed E-state index contributed by atoms with van der Waals surface area (Å²) in [7, 11) is 0. The zero-order chi connectivity index (χ0) is 27.3. The van der Waals surface area contributed by atoms with Crippen LogP contribution in [0.1, 0.15) is 53.4 Å². The molecule has 5 nitrogen and oxygen atoms in total. The van der Waals surface area contributed by atoms with Gasteiger partial charge in [-0.2, -0.15) is 0 Å². The minimum absolute atomic E-state index is 0.0216. The molecule has 1 aliphatic heterocycles. The summed E-state index contributed by atoms with van der Waals surface area (Å²) in [5, 5.41) is 12.9. The van der Waals surface area contributed by atoms with Gasteiger partial charge >= 0.3 is 0 Å². The van der Waals surface area contributed by atoms with Crippen molar-refractivity contribution in [1.82, 2.24) is 0 Å². The molecule has 1 aromatic rings. The Balaban J connectivity index is 1.35. The van der Waals surface area contributed by atoms with Gasteiger partial charge in [-0.15, -0.1) is 11.8 Å². The largest absolute Gasteiger partial charge is 0.393 e. The Hall–Kier alpha value is -1.15. The second kappa shape index (κ2) is 8.92. The fourth-order valence-corrected chi connectivity index (χ4v) is 10.2. The van der Waals surface area contributed by atoms with Crippen LogP contribution in [0.15, 0.2) is 46.9 Å². The zero-order valence-corrected chi connectivity index (χ0v) is 24.5. The summed E-state index contributed by atoms with van der Waals surface area (Å²) in [6.07, 6.45) is 7.24. The number of Topliss-reactive ketones (excluding diaryl/α,β-unsaturated/α-hetero) is 1. The number of carbonyl (C=O) groups excluding carboxylic acids is 2. The molecule has 1 saturated heterocycles. The van der Waals surface area contributed by atoms with Crippen molar-refractivity contribution in [2.45, 2.75) is 81.9 Å². The van der Waals surface area contributed by atoms with Crippen molar-refractivity contribution >= 4 is 46.5 Å². The molecule has 5 unspecified atom stereocenters. The molecule has 0 amide bonds. The number of allylic oxidation sites excluding steroid dienone is 4. The third kappa shape index (κ3) is 3.77. The maximum atomic E-state index is 14.3. The summed E-state index contributed by atoms with van der Waals surface area (Å²) in [6, 6.07) is 5.28. The van der Waals surface area contributed by atoms with Gasteiger partial charge in [0.1, 0.15) is 0 Å². The van der Waals surface area contributed by atoms with Crippen LogP contribution in [-0.4, -0.2) is 46.0 Å². The number of ketones is 2. The molecule has 4 fully saturated rings. The quantitative estimate of drug-likeness (QED) is 0.416. The molecule has 8 heteroatoms. The van der Waals surface area contributed by atoms with Gasteiger partial charge in [-0.25, -0.2) is 0 Å². The Morgan fingerprint density at radius 3 is 2.71 bits per heavy atom. The van der Waals surface area contributed by atoms with E-state index in [4.69, 9.17) is 32.7 Å². The molecule has 6 rings (SSSR count).